The maximum atomic E-state index is 13.1. The number of amides is 2. The number of aromatic nitrogens is 3. The minimum Gasteiger partial charge on any atom is -0.368 e. The second-order valence-corrected chi connectivity index (χ2v) is 9.11. The van der Waals surface area contributed by atoms with E-state index in [0.717, 1.165) is 27.8 Å². The highest BCUT2D eigenvalue weighted by molar-refractivity contribution is 5.89. The Labute approximate surface area is 215 Å². The van der Waals surface area contributed by atoms with Crippen LogP contribution in [-0.4, -0.2) is 70.9 Å². The van der Waals surface area contributed by atoms with E-state index in [2.05, 4.69) is 20.5 Å². The lowest BCUT2D eigenvalue weighted by atomic mass is 10.1. The molecule has 0 spiro atoms. The van der Waals surface area contributed by atoms with E-state index in [-0.39, 0.29) is 11.8 Å². The van der Waals surface area contributed by atoms with Crippen LogP contribution >= 0.6 is 0 Å². The van der Waals surface area contributed by atoms with Crippen molar-refractivity contribution in [2.45, 2.75) is 13.3 Å². The number of benzene rings is 2. The monoisotopic (exact) mass is 497 g/mol. The molecule has 1 aliphatic heterocycles. The maximum absolute atomic E-state index is 13.1. The van der Waals surface area contributed by atoms with Gasteiger partial charge in [-0.25, -0.2) is 9.97 Å². The fourth-order valence-electron chi connectivity index (χ4n) is 4.57. The fourth-order valence-corrected chi connectivity index (χ4v) is 4.57. The van der Waals surface area contributed by atoms with Gasteiger partial charge in [-0.2, -0.15) is 0 Å². The molecular formula is C28H31N7O2. The molecule has 0 radical (unpaired) electrons. The minimum atomic E-state index is -0.0627. The summed E-state index contributed by atoms with van der Waals surface area (Å²) in [5.74, 6) is 2.23. The van der Waals surface area contributed by atoms with Gasteiger partial charge in [0.15, 0.2) is 5.82 Å². The summed E-state index contributed by atoms with van der Waals surface area (Å²) in [4.78, 5) is 41.2. The molecule has 0 bridgehead atoms. The van der Waals surface area contributed by atoms with Gasteiger partial charge in [-0.15, -0.1) is 0 Å². The van der Waals surface area contributed by atoms with E-state index in [1.54, 1.807) is 0 Å². The van der Waals surface area contributed by atoms with Gasteiger partial charge in [0, 0.05) is 74.9 Å². The lowest BCUT2D eigenvalue weighted by Gasteiger charge is -2.35. The third-order valence-electron chi connectivity index (χ3n) is 6.52. The van der Waals surface area contributed by atoms with Crippen molar-refractivity contribution in [3.63, 3.8) is 0 Å². The number of anilines is 2. The van der Waals surface area contributed by atoms with Crippen molar-refractivity contribution in [3.05, 3.63) is 72.4 Å². The highest BCUT2D eigenvalue weighted by atomic mass is 16.2. The average molecular weight is 498 g/mol. The largest absolute Gasteiger partial charge is 0.368 e. The number of nitrogens with zero attached hydrogens (tertiary/aromatic N) is 4. The van der Waals surface area contributed by atoms with E-state index in [4.69, 9.17) is 9.97 Å². The molecule has 0 saturated carbocycles. The fraction of sp³-hybridized carbons (Fsp3) is 0.286. The van der Waals surface area contributed by atoms with E-state index in [9.17, 15) is 9.59 Å². The Kier molecular flexibility index (Phi) is 7.30. The van der Waals surface area contributed by atoms with Gasteiger partial charge < -0.3 is 25.4 Å². The molecule has 3 heterocycles. The molecule has 9 nitrogen and oxygen atoms in total. The van der Waals surface area contributed by atoms with Crippen LogP contribution in [0.25, 0.3) is 22.3 Å². The third kappa shape index (κ3) is 5.88. The molecule has 190 valence electrons. The zero-order valence-corrected chi connectivity index (χ0v) is 20.9. The van der Waals surface area contributed by atoms with Crippen molar-refractivity contribution in [1.29, 1.82) is 0 Å². The highest BCUT2D eigenvalue weighted by Crippen LogP contribution is 2.24. The molecule has 5 rings (SSSR count). The molecular weight excluding hydrogens is 466 g/mol. The molecule has 2 aromatic carbocycles. The summed E-state index contributed by atoms with van der Waals surface area (Å²) in [6.45, 7) is 5.22. The molecule has 1 aliphatic rings. The Morgan fingerprint density at radius 2 is 1.70 bits per heavy atom. The van der Waals surface area contributed by atoms with Gasteiger partial charge >= 0.3 is 0 Å². The molecule has 3 N–H and O–H groups in total. The van der Waals surface area contributed by atoms with E-state index < -0.39 is 0 Å². The number of rotatable bonds is 8. The zero-order chi connectivity index (χ0) is 25.6. The lowest BCUT2D eigenvalue weighted by Crippen LogP contribution is -2.49. The van der Waals surface area contributed by atoms with Crippen molar-refractivity contribution in [2.24, 2.45) is 0 Å². The number of para-hydroxylation sites is 1. The average Bonchev–Trinajstić information content (AvgIpc) is 3.34. The summed E-state index contributed by atoms with van der Waals surface area (Å²) in [5.41, 5.74) is 3.01. The predicted molar refractivity (Wildman–Crippen MR) is 145 cm³/mol. The van der Waals surface area contributed by atoms with E-state index in [0.29, 0.717) is 57.3 Å². The number of nitrogens with one attached hydrogen (secondary N) is 3. The Balaban J connectivity index is 1.26. The molecule has 9 heteroatoms. The molecule has 2 amide bonds. The van der Waals surface area contributed by atoms with Crippen LogP contribution in [0, 0.1) is 0 Å². The van der Waals surface area contributed by atoms with Crippen molar-refractivity contribution < 1.29 is 9.59 Å². The predicted octanol–water partition coefficient (Wildman–Crippen LogP) is 3.06. The first-order valence-corrected chi connectivity index (χ1v) is 12.6. The smallest absolute Gasteiger partial charge is 0.227 e. The first-order chi connectivity index (χ1) is 18.1. The van der Waals surface area contributed by atoms with E-state index in [1.165, 1.54) is 6.92 Å². The molecule has 4 aromatic rings. The Hall–Kier alpha value is -4.40. The number of carbonyl (C=O) groups excluding carboxylic acids is 2. The SMILES string of the molecule is CC(=O)NCCNc1cc(N2CCN(C(=O)Cc3c[nH]c4ccccc34)CC2)nc(-c2ccccc2)n1. The van der Waals surface area contributed by atoms with E-state index in [1.807, 2.05) is 71.8 Å². The van der Waals surface area contributed by atoms with Gasteiger partial charge in [0.2, 0.25) is 11.8 Å². The number of piperazine rings is 1. The normalized spacial score (nSPS) is 13.5. The van der Waals surface area contributed by atoms with Gasteiger partial charge in [-0.1, -0.05) is 48.5 Å². The number of hydrogen-bond donors (Lipinski definition) is 3. The number of carbonyl (C=O) groups is 2. The van der Waals surface area contributed by atoms with Crippen LogP contribution < -0.4 is 15.5 Å². The van der Waals surface area contributed by atoms with Crippen LogP contribution in [0.3, 0.4) is 0 Å². The second-order valence-electron chi connectivity index (χ2n) is 9.11. The first kappa shape index (κ1) is 24.3. The molecule has 1 saturated heterocycles. The molecule has 2 aromatic heterocycles. The molecule has 1 fully saturated rings. The number of H-pyrrole nitrogens is 1. The summed E-state index contributed by atoms with van der Waals surface area (Å²) < 4.78 is 0. The van der Waals surface area contributed by atoms with Gasteiger partial charge in [0.1, 0.15) is 11.6 Å². The van der Waals surface area contributed by atoms with Gasteiger partial charge in [0.25, 0.3) is 0 Å². The lowest BCUT2D eigenvalue weighted by molar-refractivity contribution is -0.130. The van der Waals surface area contributed by atoms with Crippen molar-refractivity contribution in [3.8, 4) is 11.4 Å². The maximum Gasteiger partial charge on any atom is 0.227 e. The highest BCUT2D eigenvalue weighted by Gasteiger charge is 2.23. The minimum absolute atomic E-state index is 0.0627. The van der Waals surface area contributed by atoms with Crippen LogP contribution in [-0.2, 0) is 16.0 Å². The summed E-state index contributed by atoms with van der Waals surface area (Å²) in [7, 11) is 0. The molecule has 0 atom stereocenters. The van der Waals surface area contributed by atoms with Crippen molar-refractivity contribution >= 4 is 34.4 Å². The van der Waals surface area contributed by atoms with Gasteiger partial charge in [0.05, 0.1) is 6.42 Å². The number of aromatic amines is 1. The summed E-state index contributed by atoms with van der Waals surface area (Å²) in [6, 6.07) is 19.9. The van der Waals surface area contributed by atoms with Gasteiger partial charge in [-0.05, 0) is 11.6 Å². The van der Waals surface area contributed by atoms with Crippen molar-refractivity contribution in [2.75, 3.05) is 49.5 Å². The van der Waals surface area contributed by atoms with Crippen LogP contribution in [0.4, 0.5) is 11.6 Å². The summed E-state index contributed by atoms with van der Waals surface area (Å²) in [5, 5.41) is 7.18. The molecule has 0 unspecified atom stereocenters. The van der Waals surface area contributed by atoms with Crippen LogP contribution in [0.5, 0.6) is 0 Å². The summed E-state index contributed by atoms with van der Waals surface area (Å²) in [6.07, 6.45) is 2.32. The number of fused-ring (bicyclic) bond motifs is 1. The Bertz CT molecular complexity index is 1380. The quantitative estimate of drug-likeness (QED) is 0.323. The van der Waals surface area contributed by atoms with Crippen molar-refractivity contribution in [1.82, 2.24) is 25.2 Å². The molecule has 0 aliphatic carbocycles. The Morgan fingerprint density at radius 3 is 2.49 bits per heavy atom. The number of hydrogen-bond acceptors (Lipinski definition) is 6. The van der Waals surface area contributed by atoms with Crippen LogP contribution in [0.2, 0.25) is 0 Å². The standard InChI is InChI=1S/C28H31N7O2/c1-20(36)29-11-12-30-25-18-26(33-28(32-25)21-7-3-2-4-8-21)34-13-15-35(16-14-34)27(37)17-22-19-31-24-10-6-5-9-23(22)24/h2-10,18-19,31H,11-17H2,1H3,(H,29,36)(H,30,32,33). The zero-order valence-electron chi connectivity index (χ0n) is 20.9. The van der Waals surface area contributed by atoms with Gasteiger partial charge in [-0.3, -0.25) is 9.59 Å². The van der Waals surface area contributed by atoms with Crippen LogP contribution in [0.1, 0.15) is 12.5 Å². The Morgan fingerprint density at radius 1 is 0.946 bits per heavy atom. The molecule has 37 heavy (non-hydrogen) atoms. The second kappa shape index (κ2) is 11.1. The van der Waals surface area contributed by atoms with E-state index >= 15 is 0 Å². The third-order valence-corrected chi connectivity index (χ3v) is 6.52. The summed E-state index contributed by atoms with van der Waals surface area (Å²) >= 11 is 0. The topological polar surface area (TPSA) is 106 Å². The van der Waals surface area contributed by atoms with Crippen LogP contribution in [0.15, 0.2) is 66.9 Å². The first-order valence-electron chi connectivity index (χ1n) is 12.6.